The number of nitrogens with zero attached hydrogens (tertiary/aromatic N) is 2. The molecule has 22 heavy (non-hydrogen) atoms. The number of pyridine rings is 1. The van der Waals surface area contributed by atoms with E-state index in [-0.39, 0.29) is 16.5 Å². The van der Waals surface area contributed by atoms with Crippen LogP contribution in [0.15, 0.2) is 48.8 Å². The zero-order chi connectivity index (χ0) is 15.5. The van der Waals surface area contributed by atoms with Gasteiger partial charge in [0.05, 0.1) is 12.4 Å². The van der Waals surface area contributed by atoms with E-state index in [0.717, 1.165) is 16.9 Å². The summed E-state index contributed by atoms with van der Waals surface area (Å²) in [4.78, 5) is 18.6. The molecule has 2 aromatic rings. The molecule has 1 aliphatic rings. The summed E-state index contributed by atoms with van der Waals surface area (Å²) in [6, 6.07) is 11.8. The van der Waals surface area contributed by atoms with E-state index in [0.29, 0.717) is 6.54 Å². The van der Waals surface area contributed by atoms with Crippen LogP contribution in [0.1, 0.15) is 23.4 Å². The number of hydrogen-bond donors (Lipinski definition) is 0. The second kappa shape index (κ2) is 6.40. The van der Waals surface area contributed by atoms with Crippen LogP contribution in [0, 0.1) is 0 Å². The van der Waals surface area contributed by atoms with E-state index in [1.807, 2.05) is 54.4 Å². The van der Waals surface area contributed by atoms with Gasteiger partial charge in [-0.1, -0.05) is 18.2 Å². The van der Waals surface area contributed by atoms with Gasteiger partial charge in [0.25, 0.3) is 0 Å². The highest BCUT2D eigenvalue weighted by Crippen LogP contribution is 2.43. The Balaban J connectivity index is 1.83. The molecule has 114 valence electrons. The fraction of sp³-hybridized carbons (Fsp3) is 0.294. The van der Waals surface area contributed by atoms with Crippen LogP contribution in [0.4, 0.5) is 0 Å². The monoisotopic (exact) mass is 314 g/mol. The van der Waals surface area contributed by atoms with Crippen LogP contribution in [0.25, 0.3) is 0 Å². The van der Waals surface area contributed by atoms with Crippen LogP contribution in [-0.2, 0) is 11.3 Å². The quantitative estimate of drug-likeness (QED) is 0.869. The fourth-order valence-corrected chi connectivity index (χ4v) is 3.80. The van der Waals surface area contributed by atoms with Crippen molar-refractivity contribution in [3.05, 3.63) is 59.9 Å². The molecule has 1 fully saturated rings. The van der Waals surface area contributed by atoms with E-state index in [9.17, 15) is 4.79 Å². The van der Waals surface area contributed by atoms with E-state index < -0.39 is 0 Å². The second-order valence-corrected chi connectivity index (χ2v) is 6.66. The van der Waals surface area contributed by atoms with Crippen molar-refractivity contribution in [2.45, 2.75) is 24.1 Å². The summed E-state index contributed by atoms with van der Waals surface area (Å²) < 4.78 is 5.17. The van der Waals surface area contributed by atoms with E-state index in [2.05, 4.69) is 4.98 Å². The normalized spacial score (nSPS) is 21.2. The molecule has 0 bridgehead atoms. The molecule has 1 amide bonds. The minimum Gasteiger partial charge on any atom is -0.497 e. The van der Waals surface area contributed by atoms with E-state index >= 15 is 0 Å². The van der Waals surface area contributed by atoms with Gasteiger partial charge >= 0.3 is 0 Å². The maximum absolute atomic E-state index is 12.5. The number of thioether (sulfide) groups is 1. The number of rotatable bonds is 4. The van der Waals surface area contributed by atoms with Crippen molar-refractivity contribution in [2.75, 3.05) is 7.11 Å². The summed E-state index contributed by atoms with van der Waals surface area (Å²) in [6.45, 7) is 2.56. The Bertz CT molecular complexity index is 645. The first-order chi connectivity index (χ1) is 10.7. The molecule has 1 aliphatic heterocycles. The predicted octanol–water partition coefficient (Wildman–Crippen LogP) is 3.25. The smallest absolute Gasteiger partial charge is 0.236 e. The molecule has 1 aromatic heterocycles. The van der Waals surface area contributed by atoms with E-state index in [1.165, 1.54) is 0 Å². The van der Waals surface area contributed by atoms with Crippen molar-refractivity contribution >= 4 is 17.7 Å². The summed E-state index contributed by atoms with van der Waals surface area (Å²) in [5, 5.41) is 0.00163. The van der Waals surface area contributed by atoms with E-state index in [4.69, 9.17) is 4.74 Å². The van der Waals surface area contributed by atoms with Crippen LogP contribution >= 0.6 is 11.8 Å². The van der Waals surface area contributed by atoms with Gasteiger partial charge in [0.2, 0.25) is 5.91 Å². The first-order valence-corrected chi connectivity index (χ1v) is 8.12. The van der Waals surface area contributed by atoms with Gasteiger partial charge in [0.1, 0.15) is 11.1 Å². The second-order valence-electron chi connectivity index (χ2n) is 5.23. The van der Waals surface area contributed by atoms with Crippen molar-refractivity contribution in [3.63, 3.8) is 0 Å². The third-order valence-electron chi connectivity index (χ3n) is 3.73. The Morgan fingerprint density at radius 3 is 2.68 bits per heavy atom. The highest BCUT2D eigenvalue weighted by Gasteiger charge is 2.38. The Morgan fingerprint density at radius 2 is 2.05 bits per heavy atom. The van der Waals surface area contributed by atoms with Crippen molar-refractivity contribution in [1.82, 2.24) is 9.88 Å². The van der Waals surface area contributed by atoms with Crippen LogP contribution in [0.2, 0.25) is 0 Å². The molecule has 0 unspecified atom stereocenters. The van der Waals surface area contributed by atoms with Crippen LogP contribution < -0.4 is 4.74 Å². The van der Waals surface area contributed by atoms with Gasteiger partial charge in [-0.3, -0.25) is 9.78 Å². The first kappa shape index (κ1) is 14.9. The highest BCUT2D eigenvalue weighted by molar-refractivity contribution is 8.01. The summed E-state index contributed by atoms with van der Waals surface area (Å²) in [5.74, 6) is 0.998. The zero-order valence-electron chi connectivity index (χ0n) is 12.6. The predicted molar refractivity (Wildman–Crippen MR) is 87.6 cm³/mol. The average molecular weight is 314 g/mol. The maximum Gasteiger partial charge on any atom is 0.236 e. The molecule has 1 aromatic carbocycles. The van der Waals surface area contributed by atoms with Crippen molar-refractivity contribution in [3.8, 4) is 5.75 Å². The number of benzene rings is 1. The molecule has 2 atom stereocenters. The van der Waals surface area contributed by atoms with Gasteiger partial charge in [-0.2, -0.15) is 0 Å². The summed E-state index contributed by atoms with van der Waals surface area (Å²) in [7, 11) is 1.65. The average Bonchev–Trinajstić information content (AvgIpc) is 2.85. The molecule has 5 heteroatoms. The Kier molecular flexibility index (Phi) is 4.34. The van der Waals surface area contributed by atoms with Gasteiger partial charge in [0.15, 0.2) is 0 Å². The molecular formula is C17H18N2O2S. The molecule has 2 heterocycles. The number of ether oxygens (including phenoxy) is 1. The van der Waals surface area contributed by atoms with Gasteiger partial charge < -0.3 is 9.64 Å². The Labute approximate surface area is 134 Å². The number of carbonyl (C=O) groups excluding carboxylic acids is 1. The number of methoxy groups -OCH3 is 1. The van der Waals surface area contributed by atoms with Gasteiger partial charge in [-0.15, -0.1) is 11.8 Å². The highest BCUT2D eigenvalue weighted by atomic mass is 32.2. The molecule has 0 aliphatic carbocycles. The number of aromatic nitrogens is 1. The number of amides is 1. The van der Waals surface area contributed by atoms with Crippen LogP contribution in [-0.4, -0.2) is 28.2 Å². The Morgan fingerprint density at radius 1 is 1.27 bits per heavy atom. The zero-order valence-corrected chi connectivity index (χ0v) is 13.4. The largest absolute Gasteiger partial charge is 0.497 e. The summed E-state index contributed by atoms with van der Waals surface area (Å²) in [6.07, 6.45) is 3.59. The lowest BCUT2D eigenvalue weighted by atomic mass is 10.1. The topological polar surface area (TPSA) is 42.4 Å². The van der Waals surface area contributed by atoms with Crippen molar-refractivity contribution < 1.29 is 9.53 Å². The summed E-state index contributed by atoms with van der Waals surface area (Å²) >= 11 is 1.67. The molecule has 1 saturated heterocycles. The minimum atomic E-state index is -0.0246. The molecule has 0 N–H and O–H groups in total. The van der Waals surface area contributed by atoms with Crippen molar-refractivity contribution in [1.29, 1.82) is 0 Å². The number of hydrogen-bond acceptors (Lipinski definition) is 4. The fourth-order valence-electron chi connectivity index (χ4n) is 2.54. The lowest BCUT2D eigenvalue weighted by molar-refractivity contribution is -0.130. The standard InChI is InChI=1S/C17H18N2O2S/c1-12-16(20)19(11-13-5-7-15(21-2)8-6-13)17(22-12)14-4-3-9-18-10-14/h3-10,12,17H,11H2,1-2H3/t12-,17+/m1/s1. The number of carbonyl (C=O) groups is 1. The first-order valence-electron chi connectivity index (χ1n) is 7.18. The molecule has 0 spiro atoms. The molecule has 3 rings (SSSR count). The van der Waals surface area contributed by atoms with Gasteiger partial charge in [-0.05, 0) is 30.7 Å². The molecule has 4 nitrogen and oxygen atoms in total. The van der Waals surface area contributed by atoms with Crippen molar-refractivity contribution in [2.24, 2.45) is 0 Å². The third kappa shape index (κ3) is 2.95. The summed E-state index contributed by atoms with van der Waals surface area (Å²) in [5.41, 5.74) is 2.16. The molecule has 0 saturated carbocycles. The maximum atomic E-state index is 12.5. The molecule has 0 radical (unpaired) electrons. The Hall–Kier alpha value is -2.01. The van der Waals surface area contributed by atoms with Gasteiger partial charge in [0, 0.05) is 24.5 Å². The van der Waals surface area contributed by atoms with Crippen LogP contribution in [0.3, 0.4) is 0 Å². The van der Waals surface area contributed by atoms with E-state index in [1.54, 1.807) is 25.1 Å². The third-order valence-corrected chi connectivity index (χ3v) is 5.12. The SMILES string of the molecule is COc1ccc(CN2C(=O)[C@@H](C)S[C@H]2c2cccnc2)cc1. The van der Waals surface area contributed by atoms with Crippen LogP contribution in [0.5, 0.6) is 5.75 Å². The lowest BCUT2D eigenvalue weighted by Crippen LogP contribution is -2.29. The lowest BCUT2D eigenvalue weighted by Gasteiger charge is -2.24. The molecular weight excluding hydrogens is 296 g/mol. The van der Waals surface area contributed by atoms with Gasteiger partial charge in [-0.25, -0.2) is 0 Å². The minimum absolute atomic E-state index is 0.0246.